The third kappa shape index (κ3) is 6.19. The summed E-state index contributed by atoms with van der Waals surface area (Å²) in [7, 11) is 0. The predicted octanol–water partition coefficient (Wildman–Crippen LogP) is 5.18. The number of thiophene rings is 1. The number of imide groups is 1. The van der Waals surface area contributed by atoms with Crippen LogP contribution in [0.4, 0.5) is 9.80 Å². The fourth-order valence-electron chi connectivity index (χ4n) is 4.67. The van der Waals surface area contributed by atoms with Gasteiger partial charge in [0.1, 0.15) is 17.2 Å². The SMILES string of the molecule is CC(C)(C)OC(=O)c1c(NC(=O)OCc2ccccc2)sc2c1C[C@@H](CN1C(=O)c3ccccc3C1=O)NC2.Cl. The van der Waals surface area contributed by atoms with Crippen LogP contribution in [0.2, 0.25) is 0 Å². The summed E-state index contributed by atoms with van der Waals surface area (Å²) in [6, 6.07) is 15.8. The van der Waals surface area contributed by atoms with Gasteiger partial charge in [-0.05, 0) is 50.5 Å². The second-order valence-electron chi connectivity index (χ2n) is 10.4. The molecule has 3 amide bonds. The van der Waals surface area contributed by atoms with E-state index in [1.807, 2.05) is 30.3 Å². The first kappa shape index (κ1) is 29.3. The Bertz CT molecular complexity index is 1410. The Morgan fingerprint density at radius 2 is 1.65 bits per heavy atom. The molecular formula is C29H30ClN3O6S. The fraction of sp³-hybridized carbons (Fsp3) is 0.310. The zero-order valence-electron chi connectivity index (χ0n) is 22.3. The van der Waals surface area contributed by atoms with Crippen molar-refractivity contribution in [2.45, 2.75) is 52.0 Å². The molecule has 2 aliphatic rings. The molecular weight excluding hydrogens is 554 g/mol. The van der Waals surface area contributed by atoms with Crippen LogP contribution in [0, 0.1) is 0 Å². The lowest BCUT2D eigenvalue weighted by Crippen LogP contribution is -2.46. The maximum absolute atomic E-state index is 13.3. The summed E-state index contributed by atoms with van der Waals surface area (Å²) in [5, 5.41) is 6.44. The highest BCUT2D eigenvalue weighted by Gasteiger charge is 2.38. The van der Waals surface area contributed by atoms with Crippen molar-refractivity contribution in [3.63, 3.8) is 0 Å². The van der Waals surface area contributed by atoms with E-state index >= 15 is 0 Å². The van der Waals surface area contributed by atoms with Crippen LogP contribution in [0.15, 0.2) is 54.6 Å². The van der Waals surface area contributed by atoms with Crippen molar-refractivity contribution in [2.24, 2.45) is 0 Å². The highest BCUT2D eigenvalue weighted by molar-refractivity contribution is 7.17. The Balaban J connectivity index is 0.00000370. The number of halogens is 1. The second kappa shape index (κ2) is 11.8. The van der Waals surface area contributed by atoms with E-state index in [9.17, 15) is 19.2 Å². The number of hydrogen-bond acceptors (Lipinski definition) is 8. The Hall–Kier alpha value is -3.73. The van der Waals surface area contributed by atoms with Crippen molar-refractivity contribution in [2.75, 3.05) is 11.9 Å². The number of hydrogen-bond donors (Lipinski definition) is 2. The van der Waals surface area contributed by atoms with Crippen LogP contribution in [-0.2, 0) is 29.0 Å². The Morgan fingerprint density at radius 1 is 1.02 bits per heavy atom. The van der Waals surface area contributed by atoms with E-state index in [0.717, 1.165) is 16.0 Å². The minimum Gasteiger partial charge on any atom is -0.456 e. The molecule has 9 nitrogen and oxygen atoms in total. The molecule has 11 heteroatoms. The summed E-state index contributed by atoms with van der Waals surface area (Å²) in [6.07, 6.45) is -0.313. The van der Waals surface area contributed by atoms with Crippen molar-refractivity contribution in [1.82, 2.24) is 10.2 Å². The zero-order valence-corrected chi connectivity index (χ0v) is 23.9. The fourth-order valence-corrected chi connectivity index (χ4v) is 5.82. The third-order valence-corrected chi connectivity index (χ3v) is 7.55. The number of nitrogens with one attached hydrogen (secondary N) is 2. The predicted molar refractivity (Wildman–Crippen MR) is 153 cm³/mol. The number of benzene rings is 2. The highest BCUT2D eigenvalue weighted by Crippen LogP contribution is 2.38. The van der Waals surface area contributed by atoms with Gasteiger partial charge in [-0.3, -0.25) is 19.8 Å². The molecule has 5 rings (SSSR count). The lowest BCUT2D eigenvalue weighted by atomic mass is 9.97. The maximum Gasteiger partial charge on any atom is 0.412 e. The normalized spacial score (nSPS) is 16.1. The first-order valence-electron chi connectivity index (χ1n) is 12.6. The van der Waals surface area contributed by atoms with E-state index in [-0.39, 0.29) is 49.0 Å². The summed E-state index contributed by atoms with van der Waals surface area (Å²) in [5.41, 5.74) is 1.88. The summed E-state index contributed by atoms with van der Waals surface area (Å²) >= 11 is 1.28. The molecule has 2 aliphatic heterocycles. The molecule has 2 aromatic carbocycles. The number of esters is 1. The number of nitrogens with zero attached hydrogens (tertiary/aromatic N) is 1. The molecule has 0 bridgehead atoms. The van der Waals surface area contributed by atoms with Crippen LogP contribution in [0.1, 0.15) is 67.8 Å². The minimum atomic E-state index is -0.747. The van der Waals surface area contributed by atoms with E-state index < -0.39 is 17.7 Å². The molecule has 40 heavy (non-hydrogen) atoms. The average Bonchev–Trinajstić information content (AvgIpc) is 3.37. The van der Waals surface area contributed by atoms with Gasteiger partial charge in [0.25, 0.3) is 11.8 Å². The molecule has 0 unspecified atom stereocenters. The van der Waals surface area contributed by atoms with Gasteiger partial charge in [-0.1, -0.05) is 42.5 Å². The lowest BCUT2D eigenvalue weighted by Gasteiger charge is -2.28. The van der Waals surface area contributed by atoms with Gasteiger partial charge in [0, 0.05) is 24.0 Å². The number of anilines is 1. The standard InChI is InChI=1S/C29H29N3O6S.ClH/c1-29(2,3)38-27(35)23-21-13-18(15-32-25(33)19-11-7-8-12-20(19)26(32)34)30-14-22(21)39-24(23)31-28(36)37-16-17-9-5-4-6-10-17;/h4-12,18,30H,13-16H2,1-3H3,(H,31,36);1H/t18-;/m0./s1. The van der Waals surface area contributed by atoms with E-state index in [1.165, 1.54) is 16.2 Å². The molecule has 0 aliphatic carbocycles. The molecule has 3 heterocycles. The second-order valence-corrected chi connectivity index (χ2v) is 11.6. The molecule has 0 saturated heterocycles. The maximum atomic E-state index is 13.3. The van der Waals surface area contributed by atoms with E-state index in [0.29, 0.717) is 29.1 Å². The van der Waals surface area contributed by atoms with Crippen LogP contribution >= 0.6 is 23.7 Å². The van der Waals surface area contributed by atoms with Gasteiger partial charge in [-0.2, -0.15) is 0 Å². The number of amides is 3. The average molecular weight is 584 g/mol. The first-order chi connectivity index (χ1) is 18.6. The van der Waals surface area contributed by atoms with Crippen molar-refractivity contribution >= 4 is 52.6 Å². The van der Waals surface area contributed by atoms with Gasteiger partial charge in [-0.15, -0.1) is 23.7 Å². The van der Waals surface area contributed by atoms with Crippen molar-refractivity contribution in [3.05, 3.63) is 87.3 Å². The summed E-state index contributed by atoms with van der Waals surface area (Å²) in [5.74, 6) is -1.21. The van der Waals surface area contributed by atoms with Gasteiger partial charge < -0.3 is 14.8 Å². The molecule has 0 spiro atoms. The van der Waals surface area contributed by atoms with E-state index in [2.05, 4.69) is 10.6 Å². The molecule has 0 saturated carbocycles. The molecule has 210 valence electrons. The Kier molecular flexibility index (Phi) is 8.62. The van der Waals surface area contributed by atoms with Crippen LogP contribution in [0.5, 0.6) is 0 Å². The molecule has 1 atom stereocenters. The van der Waals surface area contributed by atoms with Gasteiger partial charge in [-0.25, -0.2) is 9.59 Å². The lowest BCUT2D eigenvalue weighted by molar-refractivity contribution is 0.00691. The number of rotatable bonds is 6. The summed E-state index contributed by atoms with van der Waals surface area (Å²) in [6.45, 7) is 5.97. The highest BCUT2D eigenvalue weighted by atomic mass is 35.5. The third-order valence-electron chi connectivity index (χ3n) is 6.41. The molecule has 0 fully saturated rings. The first-order valence-corrected chi connectivity index (χ1v) is 13.5. The van der Waals surface area contributed by atoms with Crippen LogP contribution in [-0.4, -0.2) is 47.0 Å². The summed E-state index contributed by atoms with van der Waals surface area (Å²) in [4.78, 5) is 53.9. The number of fused-ring (bicyclic) bond motifs is 2. The monoisotopic (exact) mass is 583 g/mol. The minimum absolute atomic E-state index is 0. The zero-order chi connectivity index (χ0) is 27.7. The van der Waals surface area contributed by atoms with Crippen LogP contribution in [0.25, 0.3) is 0 Å². The van der Waals surface area contributed by atoms with Gasteiger partial charge in [0.2, 0.25) is 0 Å². The van der Waals surface area contributed by atoms with Gasteiger partial charge >= 0.3 is 12.1 Å². The van der Waals surface area contributed by atoms with E-state index in [4.69, 9.17) is 9.47 Å². The quantitative estimate of drug-likeness (QED) is 0.303. The van der Waals surface area contributed by atoms with Crippen molar-refractivity contribution in [3.8, 4) is 0 Å². The summed E-state index contributed by atoms with van der Waals surface area (Å²) < 4.78 is 11.1. The molecule has 1 aromatic heterocycles. The van der Waals surface area contributed by atoms with Crippen molar-refractivity contribution in [1.29, 1.82) is 0 Å². The number of ether oxygens (including phenoxy) is 2. The van der Waals surface area contributed by atoms with Gasteiger partial charge in [0.15, 0.2) is 0 Å². The molecule has 0 radical (unpaired) electrons. The number of carbonyl (C=O) groups is 4. The largest absolute Gasteiger partial charge is 0.456 e. The Morgan fingerprint density at radius 3 is 2.27 bits per heavy atom. The topological polar surface area (TPSA) is 114 Å². The smallest absolute Gasteiger partial charge is 0.412 e. The number of carbonyl (C=O) groups excluding carboxylic acids is 4. The molecule has 3 aromatic rings. The van der Waals surface area contributed by atoms with Crippen molar-refractivity contribution < 1.29 is 28.7 Å². The Labute approximate surface area is 242 Å². The van der Waals surface area contributed by atoms with Crippen LogP contribution < -0.4 is 10.6 Å². The van der Waals surface area contributed by atoms with E-state index in [1.54, 1.807) is 45.0 Å². The molecule has 2 N–H and O–H groups in total. The van der Waals surface area contributed by atoms with Gasteiger partial charge in [0.05, 0.1) is 16.7 Å². The van der Waals surface area contributed by atoms with Crippen LogP contribution in [0.3, 0.4) is 0 Å².